The third kappa shape index (κ3) is 2.72. The van der Waals surface area contributed by atoms with Gasteiger partial charge in [0.05, 0.1) is 0 Å². The van der Waals surface area contributed by atoms with Crippen molar-refractivity contribution >= 4 is 5.78 Å². The smallest absolute Gasteiger partial charge is 0.158 e. The van der Waals surface area contributed by atoms with Gasteiger partial charge in [-0.05, 0) is 40.9 Å². The number of carbonyl (C=O) groups is 1. The maximum Gasteiger partial charge on any atom is 0.158 e. The summed E-state index contributed by atoms with van der Waals surface area (Å²) < 4.78 is 0. The van der Waals surface area contributed by atoms with E-state index in [1.807, 2.05) is 0 Å². The zero-order valence-electron chi connectivity index (χ0n) is 11.6. The Bertz CT molecular complexity index is 459. The second-order valence-electron chi connectivity index (χ2n) is 6.34. The molecule has 1 nitrogen and oxygen atoms in total. The quantitative estimate of drug-likeness (QED) is 0.668. The molecule has 1 fully saturated rings. The van der Waals surface area contributed by atoms with Gasteiger partial charge in [0.15, 0.2) is 5.78 Å². The fourth-order valence-electron chi connectivity index (χ4n) is 2.54. The zero-order valence-corrected chi connectivity index (χ0v) is 11.6. The van der Waals surface area contributed by atoms with E-state index in [1.165, 1.54) is 11.1 Å². The van der Waals surface area contributed by atoms with Crippen LogP contribution in [-0.4, -0.2) is 5.78 Å². The van der Waals surface area contributed by atoms with Gasteiger partial charge in [-0.2, -0.15) is 0 Å². The van der Waals surface area contributed by atoms with Crippen LogP contribution in [0.4, 0.5) is 0 Å². The number of benzene rings is 1. The summed E-state index contributed by atoms with van der Waals surface area (Å²) in [6.07, 6.45) is 2.45. The van der Waals surface area contributed by atoms with Gasteiger partial charge >= 0.3 is 0 Å². The summed E-state index contributed by atoms with van der Waals surface area (Å²) in [5.74, 6) is 0.724. The van der Waals surface area contributed by atoms with Gasteiger partial charge in [-0.1, -0.05) is 51.6 Å². The van der Waals surface area contributed by atoms with Gasteiger partial charge in [0.2, 0.25) is 0 Å². The largest absolute Gasteiger partial charge is 0.295 e. The molecule has 1 aliphatic carbocycles. The van der Waals surface area contributed by atoms with Crippen LogP contribution in [0.3, 0.4) is 0 Å². The molecule has 0 aromatic heterocycles. The highest BCUT2D eigenvalue weighted by Crippen LogP contribution is 2.34. The summed E-state index contributed by atoms with van der Waals surface area (Å²) in [5.41, 5.74) is 3.70. The molecule has 1 heteroatoms. The molecule has 18 heavy (non-hydrogen) atoms. The molecule has 0 heterocycles. The molecule has 1 aliphatic rings. The first-order valence-electron chi connectivity index (χ1n) is 6.69. The minimum Gasteiger partial charge on any atom is -0.295 e. The Morgan fingerprint density at radius 1 is 1.17 bits per heavy atom. The monoisotopic (exact) mass is 242 g/mol. The molecule has 1 atom stereocenters. The highest BCUT2D eigenvalue weighted by Gasteiger charge is 2.23. The molecule has 1 aromatic carbocycles. The van der Waals surface area contributed by atoms with Crippen molar-refractivity contribution in [2.75, 3.05) is 0 Å². The molecule has 0 spiro atoms. The van der Waals surface area contributed by atoms with E-state index in [0.29, 0.717) is 12.3 Å². The van der Waals surface area contributed by atoms with E-state index < -0.39 is 0 Å². The SMILES string of the molecule is C=C1CC(c2ccc(C(C)(C)C)cc2)CCC1=O. The summed E-state index contributed by atoms with van der Waals surface area (Å²) in [4.78, 5) is 11.5. The Morgan fingerprint density at radius 2 is 1.78 bits per heavy atom. The van der Waals surface area contributed by atoms with E-state index in [-0.39, 0.29) is 11.2 Å². The van der Waals surface area contributed by atoms with Crippen LogP contribution in [0.1, 0.15) is 57.1 Å². The highest BCUT2D eigenvalue weighted by atomic mass is 16.1. The van der Waals surface area contributed by atoms with Crippen molar-refractivity contribution in [3.05, 3.63) is 47.5 Å². The van der Waals surface area contributed by atoms with Crippen LogP contribution in [0.2, 0.25) is 0 Å². The summed E-state index contributed by atoms with van der Waals surface area (Å²) in [6.45, 7) is 10.6. The fraction of sp³-hybridized carbons (Fsp3) is 0.471. The van der Waals surface area contributed by atoms with Gasteiger partial charge in [0.1, 0.15) is 0 Å². The molecule has 0 saturated heterocycles. The fourth-order valence-corrected chi connectivity index (χ4v) is 2.54. The van der Waals surface area contributed by atoms with E-state index in [9.17, 15) is 4.79 Å². The lowest BCUT2D eigenvalue weighted by molar-refractivity contribution is -0.116. The van der Waals surface area contributed by atoms with Gasteiger partial charge in [0, 0.05) is 6.42 Å². The van der Waals surface area contributed by atoms with Crippen molar-refractivity contribution < 1.29 is 4.79 Å². The molecular weight excluding hydrogens is 220 g/mol. The minimum absolute atomic E-state index is 0.199. The minimum atomic E-state index is 0.199. The molecule has 1 aromatic rings. The van der Waals surface area contributed by atoms with Gasteiger partial charge < -0.3 is 0 Å². The standard InChI is InChI=1S/C17H22O/c1-12-11-14(7-10-16(12)18)13-5-8-15(9-6-13)17(2,3)4/h5-6,8-9,14H,1,7,10-11H2,2-4H3. The van der Waals surface area contributed by atoms with Crippen LogP contribution in [-0.2, 0) is 10.2 Å². The molecule has 2 rings (SSSR count). The number of hydrogen-bond acceptors (Lipinski definition) is 1. The normalized spacial score (nSPS) is 21.2. The zero-order chi connectivity index (χ0) is 13.3. The number of Topliss-reactive ketones (excluding diaryl/α,β-unsaturated/α-hetero) is 1. The Labute approximate surface area is 110 Å². The van der Waals surface area contributed by atoms with Crippen molar-refractivity contribution in [2.45, 2.75) is 51.4 Å². The first-order valence-corrected chi connectivity index (χ1v) is 6.69. The molecule has 96 valence electrons. The Balaban J connectivity index is 2.15. The molecule has 1 unspecified atom stereocenters. The second-order valence-corrected chi connectivity index (χ2v) is 6.34. The number of hydrogen-bond donors (Lipinski definition) is 0. The molecule has 0 amide bonds. The summed E-state index contributed by atoms with van der Waals surface area (Å²) in [7, 11) is 0. The van der Waals surface area contributed by atoms with Gasteiger partial charge in [0.25, 0.3) is 0 Å². The van der Waals surface area contributed by atoms with Crippen molar-refractivity contribution in [2.24, 2.45) is 0 Å². The molecule has 0 N–H and O–H groups in total. The van der Waals surface area contributed by atoms with E-state index >= 15 is 0 Å². The first-order chi connectivity index (χ1) is 8.38. The van der Waals surface area contributed by atoms with E-state index in [0.717, 1.165) is 18.4 Å². The molecule has 0 aliphatic heterocycles. The average Bonchev–Trinajstić information content (AvgIpc) is 2.32. The summed E-state index contributed by atoms with van der Waals surface area (Å²) in [5, 5.41) is 0. The second kappa shape index (κ2) is 4.72. The third-order valence-electron chi connectivity index (χ3n) is 3.86. The van der Waals surface area contributed by atoms with Crippen LogP contribution >= 0.6 is 0 Å². The topological polar surface area (TPSA) is 17.1 Å². The maximum atomic E-state index is 11.5. The van der Waals surface area contributed by atoms with Crippen LogP contribution in [0.25, 0.3) is 0 Å². The molecule has 0 radical (unpaired) electrons. The summed E-state index contributed by atoms with van der Waals surface area (Å²) in [6, 6.07) is 8.87. The van der Waals surface area contributed by atoms with Crippen molar-refractivity contribution in [1.29, 1.82) is 0 Å². The predicted molar refractivity (Wildman–Crippen MR) is 75.9 cm³/mol. The molecule has 0 bridgehead atoms. The number of ketones is 1. The van der Waals surface area contributed by atoms with Crippen LogP contribution in [0.15, 0.2) is 36.4 Å². The molecule has 1 saturated carbocycles. The van der Waals surface area contributed by atoms with Crippen LogP contribution in [0.5, 0.6) is 0 Å². The highest BCUT2D eigenvalue weighted by molar-refractivity contribution is 5.95. The third-order valence-corrected chi connectivity index (χ3v) is 3.86. The lowest BCUT2D eigenvalue weighted by Crippen LogP contribution is -2.15. The van der Waals surface area contributed by atoms with Crippen molar-refractivity contribution in [1.82, 2.24) is 0 Å². The summed E-state index contributed by atoms with van der Waals surface area (Å²) >= 11 is 0. The van der Waals surface area contributed by atoms with Gasteiger partial charge in [-0.25, -0.2) is 0 Å². The van der Waals surface area contributed by atoms with E-state index in [4.69, 9.17) is 0 Å². The lowest BCUT2D eigenvalue weighted by atomic mass is 9.79. The number of carbonyl (C=O) groups excluding carboxylic acids is 1. The number of allylic oxidation sites excluding steroid dienone is 1. The Kier molecular flexibility index (Phi) is 3.43. The van der Waals surface area contributed by atoms with E-state index in [2.05, 4.69) is 51.6 Å². The number of rotatable bonds is 1. The molecular formula is C17H22O. The average molecular weight is 242 g/mol. The van der Waals surface area contributed by atoms with Crippen molar-refractivity contribution in [3.63, 3.8) is 0 Å². The van der Waals surface area contributed by atoms with Crippen molar-refractivity contribution in [3.8, 4) is 0 Å². The van der Waals surface area contributed by atoms with E-state index in [1.54, 1.807) is 0 Å². The van der Waals surface area contributed by atoms with Gasteiger partial charge in [-0.15, -0.1) is 0 Å². The van der Waals surface area contributed by atoms with Crippen LogP contribution in [0, 0.1) is 0 Å². The lowest BCUT2D eigenvalue weighted by Gasteiger charge is -2.24. The van der Waals surface area contributed by atoms with Gasteiger partial charge in [-0.3, -0.25) is 4.79 Å². The maximum absolute atomic E-state index is 11.5. The Morgan fingerprint density at radius 3 is 2.28 bits per heavy atom. The first kappa shape index (κ1) is 13.1. The van der Waals surface area contributed by atoms with Crippen LogP contribution < -0.4 is 0 Å². The predicted octanol–water partition coefficient (Wildman–Crippen LogP) is 4.38. The Hall–Kier alpha value is -1.37.